The molecule has 0 saturated carbocycles. The van der Waals surface area contributed by atoms with Crippen molar-refractivity contribution in [1.29, 1.82) is 0 Å². The van der Waals surface area contributed by atoms with Gasteiger partial charge >= 0.3 is 0 Å². The number of hydrogen-bond donors (Lipinski definition) is 1. The summed E-state index contributed by atoms with van der Waals surface area (Å²) in [5, 5.41) is 2.43. The Morgan fingerprint density at radius 1 is 1.16 bits per heavy atom. The minimum absolute atomic E-state index is 0.243. The highest BCUT2D eigenvalue weighted by Gasteiger charge is 2.04. The number of hydrogen-bond acceptors (Lipinski definition) is 3. The van der Waals surface area contributed by atoms with Gasteiger partial charge in [0.15, 0.2) is 0 Å². The van der Waals surface area contributed by atoms with Gasteiger partial charge in [0.2, 0.25) is 0 Å². The van der Waals surface area contributed by atoms with Crippen molar-refractivity contribution in [3.05, 3.63) is 36.4 Å². The number of methoxy groups -OCH3 is 1. The fourth-order valence-electron chi connectivity index (χ4n) is 2.10. The average molecular weight is 258 g/mol. The number of anilines is 1. The average Bonchev–Trinajstić information content (AvgIpc) is 2.43. The van der Waals surface area contributed by atoms with E-state index in [4.69, 9.17) is 10.5 Å². The van der Waals surface area contributed by atoms with E-state index in [1.54, 1.807) is 7.11 Å². The molecule has 19 heavy (non-hydrogen) atoms. The van der Waals surface area contributed by atoms with Gasteiger partial charge in [0.05, 0.1) is 7.11 Å². The van der Waals surface area contributed by atoms with Gasteiger partial charge in [-0.1, -0.05) is 12.1 Å². The summed E-state index contributed by atoms with van der Waals surface area (Å²) in [6, 6.07) is 12.9. The molecule has 2 aromatic rings. The van der Waals surface area contributed by atoms with E-state index in [9.17, 15) is 0 Å². The number of ether oxygens (including phenoxy) is 1. The summed E-state index contributed by atoms with van der Waals surface area (Å²) in [7, 11) is 3.80. The quantitative estimate of drug-likeness (QED) is 0.896. The monoisotopic (exact) mass is 258 g/mol. The number of nitrogens with zero attached hydrogens (tertiary/aromatic N) is 1. The Morgan fingerprint density at radius 2 is 1.84 bits per heavy atom. The van der Waals surface area contributed by atoms with Crippen molar-refractivity contribution in [2.75, 3.05) is 25.6 Å². The summed E-state index contributed by atoms with van der Waals surface area (Å²) in [5.41, 5.74) is 7.02. The molecule has 102 valence electrons. The zero-order valence-electron chi connectivity index (χ0n) is 11.9. The first-order chi connectivity index (χ1) is 9.10. The summed E-state index contributed by atoms with van der Waals surface area (Å²) in [6.07, 6.45) is 0.997. The molecule has 1 unspecified atom stereocenters. The Morgan fingerprint density at radius 3 is 2.53 bits per heavy atom. The number of rotatable bonds is 5. The van der Waals surface area contributed by atoms with Crippen LogP contribution in [-0.2, 0) is 0 Å². The highest BCUT2D eigenvalue weighted by atomic mass is 16.5. The Bertz CT molecular complexity index is 551. The summed E-state index contributed by atoms with van der Waals surface area (Å²) in [4.78, 5) is 2.24. The molecule has 0 aliphatic rings. The molecular weight excluding hydrogens is 236 g/mol. The standard InChI is InChI=1S/C16H22N2O/c1-12(17)8-9-18(2)15-6-4-14-11-16(19-3)7-5-13(14)10-15/h4-7,10-12H,8-9,17H2,1-3H3. The zero-order chi connectivity index (χ0) is 13.8. The molecule has 0 fully saturated rings. The van der Waals surface area contributed by atoms with Gasteiger partial charge in [0.25, 0.3) is 0 Å². The minimum Gasteiger partial charge on any atom is -0.497 e. The summed E-state index contributed by atoms with van der Waals surface area (Å²) < 4.78 is 5.24. The van der Waals surface area contributed by atoms with Crippen LogP contribution in [0.1, 0.15) is 13.3 Å². The molecule has 0 aliphatic heterocycles. The van der Waals surface area contributed by atoms with Gasteiger partial charge in [-0.15, -0.1) is 0 Å². The third kappa shape index (κ3) is 3.38. The van der Waals surface area contributed by atoms with Gasteiger partial charge in [-0.3, -0.25) is 0 Å². The summed E-state index contributed by atoms with van der Waals surface area (Å²) in [5.74, 6) is 0.894. The Kier molecular flexibility index (Phi) is 4.27. The van der Waals surface area contributed by atoms with Gasteiger partial charge in [-0.25, -0.2) is 0 Å². The van der Waals surface area contributed by atoms with Crippen LogP contribution in [0.25, 0.3) is 10.8 Å². The van der Waals surface area contributed by atoms with Crippen LogP contribution in [0.4, 0.5) is 5.69 Å². The number of fused-ring (bicyclic) bond motifs is 1. The normalized spacial score (nSPS) is 12.4. The van der Waals surface area contributed by atoms with E-state index < -0.39 is 0 Å². The largest absolute Gasteiger partial charge is 0.497 e. The zero-order valence-corrected chi connectivity index (χ0v) is 11.9. The van der Waals surface area contributed by atoms with Crippen molar-refractivity contribution >= 4 is 16.5 Å². The molecule has 0 heterocycles. The molecule has 3 heteroatoms. The fraction of sp³-hybridized carbons (Fsp3) is 0.375. The summed E-state index contributed by atoms with van der Waals surface area (Å²) in [6.45, 7) is 3.01. The highest BCUT2D eigenvalue weighted by Crippen LogP contribution is 2.25. The Hall–Kier alpha value is -1.74. The lowest BCUT2D eigenvalue weighted by molar-refractivity contribution is 0.415. The lowest BCUT2D eigenvalue weighted by Gasteiger charge is -2.21. The van der Waals surface area contributed by atoms with Gasteiger partial charge in [-0.05, 0) is 48.4 Å². The van der Waals surface area contributed by atoms with Crippen LogP contribution >= 0.6 is 0 Å². The van der Waals surface area contributed by atoms with E-state index in [0.717, 1.165) is 18.7 Å². The van der Waals surface area contributed by atoms with E-state index in [-0.39, 0.29) is 6.04 Å². The molecule has 2 rings (SSSR count). The third-order valence-electron chi connectivity index (χ3n) is 3.39. The molecule has 0 radical (unpaired) electrons. The lowest BCUT2D eigenvalue weighted by Crippen LogP contribution is -2.25. The second-order valence-electron chi connectivity index (χ2n) is 5.08. The first kappa shape index (κ1) is 13.7. The lowest BCUT2D eigenvalue weighted by atomic mass is 10.1. The van der Waals surface area contributed by atoms with Gasteiger partial charge in [0, 0.05) is 25.3 Å². The number of benzene rings is 2. The minimum atomic E-state index is 0.243. The molecule has 0 aliphatic carbocycles. The van der Waals surface area contributed by atoms with Crippen molar-refractivity contribution in [2.24, 2.45) is 5.73 Å². The van der Waals surface area contributed by atoms with E-state index >= 15 is 0 Å². The maximum atomic E-state index is 5.80. The first-order valence-electron chi connectivity index (χ1n) is 6.64. The van der Waals surface area contributed by atoms with E-state index in [1.165, 1.54) is 16.5 Å². The van der Waals surface area contributed by atoms with Crippen molar-refractivity contribution in [1.82, 2.24) is 0 Å². The number of nitrogens with two attached hydrogens (primary N) is 1. The second-order valence-corrected chi connectivity index (χ2v) is 5.08. The molecule has 0 spiro atoms. The molecule has 0 amide bonds. The maximum Gasteiger partial charge on any atom is 0.119 e. The van der Waals surface area contributed by atoms with Crippen molar-refractivity contribution < 1.29 is 4.74 Å². The molecule has 0 bridgehead atoms. The predicted molar refractivity (Wildman–Crippen MR) is 82.0 cm³/mol. The third-order valence-corrected chi connectivity index (χ3v) is 3.39. The van der Waals surface area contributed by atoms with Crippen LogP contribution in [0, 0.1) is 0 Å². The second kappa shape index (κ2) is 5.93. The maximum absolute atomic E-state index is 5.80. The van der Waals surface area contributed by atoms with Crippen LogP contribution in [0.2, 0.25) is 0 Å². The predicted octanol–water partition coefficient (Wildman–Crippen LogP) is 3.02. The smallest absolute Gasteiger partial charge is 0.119 e. The molecule has 2 aromatic carbocycles. The van der Waals surface area contributed by atoms with Crippen LogP contribution in [0.3, 0.4) is 0 Å². The van der Waals surface area contributed by atoms with Crippen LogP contribution < -0.4 is 15.4 Å². The Balaban J connectivity index is 2.21. The topological polar surface area (TPSA) is 38.5 Å². The van der Waals surface area contributed by atoms with Crippen molar-refractivity contribution in [3.63, 3.8) is 0 Å². The van der Waals surface area contributed by atoms with Gasteiger partial charge in [0.1, 0.15) is 5.75 Å². The molecule has 1 atom stereocenters. The van der Waals surface area contributed by atoms with Crippen molar-refractivity contribution in [3.8, 4) is 5.75 Å². The fourth-order valence-corrected chi connectivity index (χ4v) is 2.10. The molecule has 2 N–H and O–H groups in total. The van der Waals surface area contributed by atoms with Gasteiger partial charge < -0.3 is 15.4 Å². The van der Waals surface area contributed by atoms with Gasteiger partial charge in [-0.2, -0.15) is 0 Å². The first-order valence-corrected chi connectivity index (χ1v) is 6.64. The Labute approximate surface area is 115 Å². The van der Waals surface area contributed by atoms with Crippen LogP contribution in [-0.4, -0.2) is 26.7 Å². The summed E-state index contributed by atoms with van der Waals surface area (Å²) >= 11 is 0. The molecule has 0 saturated heterocycles. The van der Waals surface area contributed by atoms with E-state index in [1.807, 2.05) is 13.0 Å². The SMILES string of the molecule is COc1ccc2cc(N(C)CCC(C)N)ccc2c1. The van der Waals surface area contributed by atoms with E-state index in [2.05, 4.69) is 42.3 Å². The highest BCUT2D eigenvalue weighted by molar-refractivity contribution is 5.87. The molecule has 0 aromatic heterocycles. The van der Waals surface area contributed by atoms with Crippen molar-refractivity contribution in [2.45, 2.75) is 19.4 Å². The molecule has 3 nitrogen and oxygen atoms in total. The van der Waals surface area contributed by atoms with Crippen LogP contribution in [0.5, 0.6) is 5.75 Å². The molecular formula is C16H22N2O. The van der Waals surface area contributed by atoms with Crippen LogP contribution in [0.15, 0.2) is 36.4 Å². The van der Waals surface area contributed by atoms with E-state index in [0.29, 0.717) is 0 Å².